The monoisotopic (exact) mass is 898 g/mol. The summed E-state index contributed by atoms with van der Waals surface area (Å²) < 4.78 is 44.6. The van der Waals surface area contributed by atoms with E-state index in [2.05, 4.69) is 117 Å². The highest BCUT2D eigenvalue weighted by Gasteiger charge is 2.22. The maximum atomic E-state index is 13.4. The number of hydrogen-bond donors (Lipinski definition) is 0. The molecule has 0 saturated carbocycles. The van der Waals surface area contributed by atoms with Gasteiger partial charge in [-0.25, -0.2) is 8.42 Å². The van der Waals surface area contributed by atoms with Gasteiger partial charge in [-0.15, -0.1) is 0 Å². The number of anilines is 6. The Hall–Kier alpha value is -8.76. The molecule has 0 bridgehead atoms. The molecule has 3 aromatic heterocycles. The van der Waals surface area contributed by atoms with Gasteiger partial charge in [-0.2, -0.15) is 0 Å². The Morgan fingerprint density at radius 2 is 0.765 bits per heavy atom. The highest BCUT2D eigenvalue weighted by molar-refractivity contribution is 7.85. The maximum Gasteiger partial charge on any atom is 0.125 e. The van der Waals surface area contributed by atoms with Crippen LogP contribution in [0.2, 0.25) is 0 Å². The molecule has 12 aromatic rings. The Kier molecular flexibility index (Phi) is 9.94. The van der Waals surface area contributed by atoms with Crippen LogP contribution in [0.5, 0.6) is 0 Å². The third-order valence-corrected chi connectivity index (χ3v) is 13.5. The first-order chi connectivity index (χ1) is 33.4. The van der Waals surface area contributed by atoms with E-state index in [1.807, 2.05) is 120 Å². The Morgan fingerprint density at radius 3 is 1.24 bits per heavy atom. The van der Waals surface area contributed by atoms with E-state index in [4.69, 9.17) is 4.98 Å². The van der Waals surface area contributed by atoms with Gasteiger partial charge in [0.1, 0.15) is 10.1 Å². The minimum Gasteiger partial charge on any atom is -0.744 e. The molecule has 9 aromatic carbocycles. The van der Waals surface area contributed by atoms with Crippen LogP contribution < -0.4 is 9.80 Å². The van der Waals surface area contributed by atoms with Crippen molar-refractivity contribution in [2.24, 2.45) is 0 Å². The molecule has 12 rings (SSSR count). The van der Waals surface area contributed by atoms with Gasteiger partial charge in [0.25, 0.3) is 0 Å². The summed E-state index contributed by atoms with van der Waals surface area (Å²) in [6.45, 7) is 0. The van der Waals surface area contributed by atoms with E-state index in [1.54, 1.807) is 18.3 Å². The van der Waals surface area contributed by atoms with Crippen molar-refractivity contribution in [1.29, 1.82) is 0 Å². The SMILES string of the molecule is O=S(=O)([O-])c1cc(N(c2ccccc2)c2ccc3c(c2)c2ccccc2n3-c2ccccc2)ccc1-c1ccc(N(c2ccccc2)c2ccc3c(c2)c2ccccc2n3-c2ccccc2)cn1. The molecule has 3 heterocycles. The van der Waals surface area contributed by atoms with Gasteiger partial charge in [0.15, 0.2) is 0 Å². The number of aromatic nitrogens is 3. The number of nitrogens with zero attached hydrogens (tertiary/aromatic N) is 5. The molecule has 326 valence electrons. The predicted molar refractivity (Wildman–Crippen MR) is 276 cm³/mol. The van der Waals surface area contributed by atoms with Crippen LogP contribution in [0.25, 0.3) is 66.2 Å². The third-order valence-electron chi connectivity index (χ3n) is 12.7. The summed E-state index contributed by atoms with van der Waals surface area (Å²) in [6, 6.07) is 78.6. The van der Waals surface area contributed by atoms with Gasteiger partial charge in [0, 0.05) is 66.9 Å². The number of rotatable bonds is 10. The average molecular weight is 899 g/mol. The molecule has 0 saturated heterocycles. The van der Waals surface area contributed by atoms with Crippen LogP contribution in [0, 0.1) is 0 Å². The van der Waals surface area contributed by atoms with Crippen molar-refractivity contribution < 1.29 is 13.0 Å². The van der Waals surface area contributed by atoms with Crippen LogP contribution in [0.1, 0.15) is 0 Å². The number of benzene rings is 9. The molecule has 0 atom stereocenters. The van der Waals surface area contributed by atoms with Crippen LogP contribution in [0.15, 0.2) is 248 Å². The molecule has 0 aliphatic carbocycles. The number of para-hydroxylation sites is 6. The molecule has 68 heavy (non-hydrogen) atoms. The summed E-state index contributed by atoms with van der Waals surface area (Å²) in [5.74, 6) is 0. The molecular weight excluding hydrogens is 859 g/mol. The lowest BCUT2D eigenvalue weighted by atomic mass is 10.1. The Bertz CT molecular complexity index is 3930. The molecule has 0 amide bonds. The lowest BCUT2D eigenvalue weighted by Crippen LogP contribution is -2.12. The van der Waals surface area contributed by atoms with Gasteiger partial charge in [-0.05, 0) is 127 Å². The molecule has 0 aliphatic rings. The highest BCUT2D eigenvalue weighted by atomic mass is 32.2. The predicted octanol–water partition coefficient (Wildman–Crippen LogP) is 14.8. The highest BCUT2D eigenvalue weighted by Crippen LogP contribution is 2.43. The molecule has 9 heteroatoms. The van der Waals surface area contributed by atoms with Gasteiger partial charge >= 0.3 is 0 Å². The minimum absolute atomic E-state index is 0.214. The number of fused-ring (bicyclic) bond motifs is 6. The molecule has 0 aliphatic heterocycles. The largest absolute Gasteiger partial charge is 0.744 e. The van der Waals surface area contributed by atoms with Crippen LogP contribution in [0.4, 0.5) is 34.1 Å². The Labute approximate surface area is 393 Å². The van der Waals surface area contributed by atoms with Gasteiger partial charge in [0.2, 0.25) is 0 Å². The van der Waals surface area contributed by atoms with Crippen molar-refractivity contribution in [2.75, 3.05) is 9.80 Å². The first kappa shape index (κ1) is 40.7. The van der Waals surface area contributed by atoms with Crippen LogP contribution in [-0.4, -0.2) is 27.1 Å². The summed E-state index contributed by atoms with van der Waals surface area (Å²) in [5, 5.41) is 4.34. The average Bonchev–Trinajstić information content (AvgIpc) is 3.90. The lowest BCUT2D eigenvalue weighted by molar-refractivity contribution is 0.463. The van der Waals surface area contributed by atoms with E-state index in [-0.39, 0.29) is 10.5 Å². The fourth-order valence-electron chi connectivity index (χ4n) is 9.71. The van der Waals surface area contributed by atoms with Gasteiger partial charge < -0.3 is 23.5 Å². The smallest absolute Gasteiger partial charge is 0.125 e. The summed E-state index contributed by atoms with van der Waals surface area (Å²) >= 11 is 0. The molecule has 0 unspecified atom stereocenters. The Balaban J connectivity index is 0.955. The van der Waals surface area contributed by atoms with Gasteiger partial charge in [-0.1, -0.05) is 109 Å². The standard InChI is InChI=1S/C59H41N5O3S/c65-68(66,67)59-39-47(61(41-17-5-1-6-18-41)45-31-35-57-52(37-45)49-25-13-15-27-55(49)63(57)43-21-9-3-10-22-43)29-33-51(59)54-34-30-48(40-60-54)62(42-19-7-2-8-20-42)46-32-36-58-53(38-46)50-26-14-16-28-56(50)64(58)44-23-11-4-12-24-44/h1-40H,(H,65,66,67)/p-1. The molecule has 0 fully saturated rings. The topological polar surface area (TPSA) is 86.4 Å². The quantitative estimate of drug-likeness (QED) is 0.127. The zero-order chi connectivity index (χ0) is 45.8. The van der Waals surface area contributed by atoms with E-state index in [1.165, 1.54) is 6.07 Å². The van der Waals surface area contributed by atoms with Gasteiger partial charge in [0.05, 0.1) is 44.5 Å². The van der Waals surface area contributed by atoms with Crippen molar-refractivity contribution in [3.8, 4) is 22.6 Å². The van der Waals surface area contributed by atoms with Crippen molar-refractivity contribution >= 4 is 87.9 Å². The first-order valence-electron chi connectivity index (χ1n) is 22.3. The molecule has 0 N–H and O–H groups in total. The number of pyridine rings is 1. The summed E-state index contributed by atoms with van der Waals surface area (Å²) in [6.07, 6.45) is 1.73. The normalized spacial score (nSPS) is 11.7. The van der Waals surface area contributed by atoms with Crippen molar-refractivity contribution in [1.82, 2.24) is 14.1 Å². The zero-order valence-electron chi connectivity index (χ0n) is 36.5. The van der Waals surface area contributed by atoms with E-state index in [0.717, 1.165) is 83.4 Å². The summed E-state index contributed by atoms with van der Waals surface area (Å²) in [4.78, 5) is 8.62. The summed E-state index contributed by atoms with van der Waals surface area (Å²) in [5.41, 5.74) is 11.7. The lowest BCUT2D eigenvalue weighted by Gasteiger charge is -2.27. The van der Waals surface area contributed by atoms with Crippen molar-refractivity contribution in [3.63, 3.8) is 0 Å². The van der Waals surface area contributed by atoms with Crippen LogP contribution >= 0.6 is 0 Å². The maximum absolute atomic E-state index is 13.4. The Morgan fingerprint density at radius 1 is 0.368 bits per heavy atom. The third kappa shape index (κ3) is 7.05. The van der Waals surface area contributed by atoms with Crippen molar-refractivity contribution in [3.05, 3.63) is 243 Å². The van der Waals surface area contributed by atoms with E-state index in [0.29, 0.717) is 11.4 Å². The van der Waals surface area contributed by atoms with Crippen LogP contribution in [-0.2, 0) is 10.1 Å². The van der Waals surface area contributed by atoms with E-state index >= 15 is 0 Å². The summed E-state index contributed by atoms with van der Waals surface area (Å²) in [7, 11) is -4.99. The second-order valence-corrected chi connectivity index (χ2v) is 18.0. The fraction of sp³-hybridized carbons (Fsp3) is 0. The molecular formula is C59H40N5O3S-. The molecule has 0 radical (unpaired) electrons. The van der Waals surface area contributed by atoms with Crippen LogP contribution in [0.3, 0.4) is 0 Å². The fourth-order valence-corrected chi connectivity index (χ4v) is 10.4. The van der Waals surface area contributed by atoms with E-state index in [9.17, 15) is 13.0 Å². The molecule has 8 nitrogen and oxygen atoms in total. The van der Waals surface area contributed by atoms with Gasteiger partial charge in [-0.3, -0.25) is 4.98 Å². The minimum atomic E-state index is -4.99. The second-order valence-electron chi connectivity index (χ2n) is 16.7. The number of hydrogen-bond acceptors (Lipinski definition) is 6. The second kappa shape index (κ2) is 16.6. The zero-order valence-corrected chi connectivity index (χ0v) is 37.3. The van der Waals surface area contributed by atoms with Crippen molar-refractivity contribution in [2.45, 2.75) is 4.90 Å². The molecule has 0 spiro atoms. The van der Waals surface area contributed by atoms with E-state index < -0.39 is 10.1 Å². The first-order valence-corrected chi connectivity index (χ1v) is 23.7.